The van der Waals surface area contributed by atoms with Crippen molar-refractivity contribution in [3.8, 4) is 22.4 Å². The van der Waals surface area contributed by atoms with Gasteiger partial charge in [0.2, 0.25) is 0 Å². The molecule has 0 bridgehead atoms. The summed E-state index contributed by atoms with van der Waals surface area (Å²) in [4.78, 5) is 26.0. The topological polar surface area (TPSA) is 75.4 Å². The van der Waals surface area contributed by atoms with Crippen LogP contribution in [0.5, 0.6) is 0 Å². The van der Waals surface area contributed by atoms with Gasteiger partial charge in [-0.05, 0) is 17.5 Å². The van der Waals surface area contributed by atoms with Crippen molar-refractivity contribution >= 4 is 11.8 Å². The van der Waals surface area contributed by atoms with Crippen molar-refractivity contribution in [3.63, 3.8) is 0 Å². The molecule has 2 aromatic carbocycles. The molecule has 1 aliphatic rings. The first-order valence-electron chi connectivity index (χ1n) is 9.87. The molecule has 3 aromatic rings. The number of aromatic nitrogens is 1. The molecule has 148 valence electrons. The molecule has 1 aromatic heterocycles. The number of carbonyl (C=O) groups is 2. The van der Waals surface area contributed by atoms with Crippen LogP contribution in [0.3, 0.4) is 0 Å². The van der Waals surface area contributed by atoms with E-state index in [0.717, 1.165) is 40.1 Å². The van der Waals surface area contributed by atoms with Crippen molar-refractivity contribution < 1.29 is 14.1 Å². The Balaban J connectivity index is 1.54. The Bertz CT molecular complexity index is 1010. The van der Waals surface area contributed by atoms with E-state index in [2.05, 4.69) is 34.7 Å². The smallest absolute Gasteiger partial charge is 0.312 e. The molecule has 29 heavy (non-hydrogen) atoms. The van der Waals surface area contributed by atoms with Crippen LogP contribution in [0.15, 0.2) is 59.1 Å². The lowest BCUT2D eigenvalue weighted by molar-refractivity contribution is -0.146. The minimum Gasteiger partial charge on any atom is -0.360 e. The fraction of sp³-hybridized carbons (Fsp3) is 0.261. The molecule has 1 N–H and O–H groups in total. The van der Waals surface area contributed by atoms with E-state index in [1.54, 1.807) is 4.90 Å². The SMILES string of the molecule is CCCNC(=O)C(=O)N1CCc2onc(-c3ccc(-c4ccccc4)cc3)c2C1. The number of benzene rings is 2. The van der Waals surface area contributed by atoms with Crippen LogP contribution in [0, 0.1) is 0 Å². The quantitative estimate of drug-likeness (QED) is 0.694. The van der Waals surface area contributed by atoms with Gasteiger partial charge in [-0.1, -0.05) is 66.7 Å². The van der Waals surface area contributed by atoms with Gasteiger partial charge in [-0.2, -0.15) is 0 Å². The highest BCUT2D eigenvalue weighted by molar-refractivity contribution is 6.35. The van der Waals surface area contributed by atoms with Gasteiger partial charge in [0.05, 0.1) is 6.54 Å². The maximum absolute atomic E-state index is 12.4. The first-order valence-corrected chi connectivity index (χ1v) is 9.87. The van der Waals surface area contributed by atoms with Crippen molar-refractivity contribution in [2.24, 2.45) is 0 Å². The van der Waals surface area contributed by atoms with Gasteiger partial charge in [0.25, 0.3) is 0 Å². The molecule has 0 saturated carbocycles. The summed E-state index contributed by atoms with van der Waals surface area (Å²) in [7, 11) is 0. The molecule has 0 spiro atoms. The van der Waals surface area contributed by atoms with Gasteiger partial charge in [-0.25, -0.2) is 0 Å². The first-order chi connectivity index (χ1) is 14.2. The molecule has 0 saturated heterocycles. The molecule has 1 aliphatic heterocycles. The van der Waals surface area contributed by atoms with E-state index in [-0.39, 0.29) is 0 Å². The largest absolute Gasteiger partial charge is 0.360 e. The van der Waals surface area contributed by atoms with Crippen LogP contribution < -0.4 is 5.32 Å². The lowest BCUT2D eigenvalue weighted by Crippen LogP contribution is -2.45. The Morgan fingerprint density at radius 1 is 1.03 bits per heavy atom. The van der Waals surface area contributed by atoms with E-state index in [1.807, 2.05) is 37.3 Å². The number of hydrogen-bond donors (Lipinski definition) is 1. The molecule has 0 unspecified atom stereocenters. The van der Waals surface area contributed by atoms with E-state index in [1.165, 1.54) is 0 Å². The summed E-state index contributed by atoms with van der Waals surface area (Å²) < 4.78 is 5.52. The zero-order valence-corrected chi connectivity index (χ0v) is 16.4. The van der Waals surface area contributed by atoms with Crippen LogP contribution in [0.2, 0.25) is 0 Å². The summed E-state index contributed by atoms with van der Waals surface area (Å²) in [6, 6.07) is 18.3. The number of nitrogens with one attached hydrogen (secondary N) is 1. The molecule has 4 rings (SSSR count). The third kappa shape index (κ3) is 3.92. The number of carbonyl (C=O) groups excluding carboxylic acids is 2. The average Bonchev–Trinajstić information content (AvgIpc) is 3.21. The fourth-order valence-electron chi connectivity index (χ4n) is 3.52. The van der Waals surface area contributed by atoms with Crippen molar-refractivity contribution in [3.05, 3.63) is 65.9 Å². The second kappa shape index (κ2) is 8.31. The van der Waals surface area contributed by atoms with Gasteiger partial charge in [-0.3, -0.25) is 9.59 Å². The molecule has 0 radical (unpaired) electrons. The summed E-state index contributed by atoms with van der Waals surface area (Å²) >= 11 is 0. The number of nitrogens with zero attached hydrogens (tertiary/aromatic N) is 2. The van der Waals surface area contributed by atoms with Gasteiger partial charge in [0.1, 0.15) is 11.5 Å². The molecular formula is C23H23N3O3. The second-order valence-electron chi connectivity index (χ2n) is 7.11. The molecule has 2 amide bonds. The van der Waals surface area contributed by atoms with E-state index in [4.69, 9.17) is 4.52 Å². The normalized spacial score (nSPS) is 13.1. The third-order valence-corrected chi connectivity index (χ3v) is 5.11. The van der Waals surface area contributed by atoms with Crippen LogP contribution in [0.4, 0.5) is 0 Å². The number of hydrogen-bond acceptors (Lipinski definition) is 4. The van der Waals surface area contributed by atoms with E-state index >= 15 is 0 Å². The summed E-state index contributed by atoms with van der Waals surface area (Å²) in [6.45, 7) is 3.22. The predicted molar refractivity (Wildman–Crippen MR) is 110 cm³/mol. The van der Waals surface area contributed by atoms with Crippen LogP contribution in [0.25, 0.3) is 22.4 Å². The standard InChI is InChI=1S/C23H23N3O3/c1-2-13-24-22(27)23(28)26-14-12-20-19(15-26)21(25-29-20)18-10-8-17(9-11-18)16-6-4-3-5-7-16/h3-11H,2,12-15H2,1H3,(H,24,27). The molecule has 0 atom stereocenters. The number of rotatable bonds is 4. The molecule has 6 nitrogen and oxygen atoms in total. The lowest BCUT2D eigenvalue weighted by Gasteiger charge is -2.25. The monoisotopic (exact) mass is 389 g/mol. The molecule has 0 aliphatic carbocycles. The zero-order chi connectivity index (χ0) is 20.2. The second-order valence-corrected chi connectivity index (χ2v) is 7.11. The first kappa shape index (κ1) is 18.9. The maximum Gasteiger partial charge on any atom is 0.312 e. The maximum atomic E-state index is 12.4. The molecular weight excluding hydrogens is 366 g/mol. The van der Waals surface area contributed by atoms with Gasteiger partial charge < -0.3 is 14.7 Å². The summed E-state index contributed by atoms with van der Waals surface area (Å²) in [5, 5.41) is 6.89. The van der Waals surface area contributed by atoms with Crippen LogP contribution in [-0.4, -0.2) is 35.0 Å². The van der Waals surface area contributed by atoms with Crippen molar-refractivity contribution in [1.82, 2.24) is 15.4 Å². The molecule has 0 fully saturated rings. The van der Waals surface area contributed by atoms with Gasteiger partial charge in [-0.15, -0.1) is 0 Å². The number of amides is 2. The van der Waals surface area contributed by atoms with Crippen molar-refractivity contribution in [1.29, 1.82) is 0 Å². The molecule has 2 heterocycles. The van der Waals surface area contributed by atoms with Crippen molar-refractivity contribution in [2.45, 2.75) is 26.3 Å². The van der Waals surface area contributed by atoms with E-state index in [9.17, 15) is 9.59 Å². The van der Waals surface area contributed by atoms with Crippen molar-refractivity contribution in [2.75, 3.05) is 13.1 Å². The lowest BCUT2D eigenvalue weighted by atomic mass is 9.99. The Kier molecular flexibility index (Phi) is 5.42. The third-order valence-electron chi connectivity index (χ3n) is 5.11. The highest BCUT2D eigenvalue weighted by Gasteiger charge is 2.30. The number of fused-ring (bicyclic) bond motifs is 1. The minimum absolute atomic E-state index is 0.326. The Morgan fingerprint density at radius 3 is 2.45 bits per heavy atom. The Hall–Kier alpha value is -3.41. The molecule has 6 heteroatoms. The van der Waals surface area contributed by atoms with E-state index < -0.39 is 11.8 Å². The highest BCUT2D eigenvalue weighted by Crippen LogP contribution is 2.31. The summed E-state index contributed by atoms with van der Waals surface area (Å²) in [6.07, 6.45) is 1.34. The van der Waals surface area contributed by atoms with Crippen LogP contribution >= 0.6 is 0 Å². The van der Waals surface area contributed by atoms with Gasteiger partial charge >= 0.3 is 11.8 Å². The fourth-order valence-corrected chi connectivity index (χ4v) is 3.52. The average molecular weight is 389 g/mol. The summed E-state index contributed by atoms with van der Waals surface area (Å²) in [5.74, 6) is -0.277. The minimum atomic E-state index is -0.555. The van der Waals surface area contributed by atoms with E-state index in [0.29, 0.717) is 26.1 Å². The zero-order valence-electron chi connectivity index (χ0n) is 16.4. The van der Waals surface area contributed by atoms with Gasteiger partial charge in [0, 0.05) is 30.6 Å². The Morgan fingerprint density at radius 2 is 1.72 bits per heavy atom. The highest BCUT2D eigenvalue weighted by atomic mass is 16.5. The van der Waals surface area contributed by atoms with Gasteiger partial charge in [0.15, 0.2) is 0 Å². The summed E-state index contributed by atoms with van der Waals surface area (Å²) in [5.41, 5.74) is 4.80. The van der Waals surface area contributed by atoms with Crippen LogP contribution in [-0.2, 0) is 22.6 Å². The predicted octanol–water partition coefficient (Wildman–Crippen LogP) is 3.42. The Labute approximate surface area is 169 Å². The van der Waals surface area contributed by atoms with Crippen LogP contribution in [0.1, 0.15) is 24.7 Å².